The maximum atomic E-state index is 12.9. The van der Waals surface area contributed by atoms with Crippen LogP contribution in [0, 0.1) is 29.6 Å². The lowest BCUT2D eigenvalue weighted by Crippen LogP contribution is -2.52. The van der Waals surface area contributed by atoms with Crippen LogP contribution < -0.4 is 0 Å². The number of rotatable bonds is 9. The van der Waals surface area contributed by atoms with E-state index in [0.29, 0.717) is 31.1 Å². The van der Waals surface area contributed by atoms with Gasteiger partial charge < -0.3 is 10.2 Å². The zero-order chi connectivity index (χ0) is 19.5. The van der Waals surface area contributed by atoms with Gasteiger partial charge in [0.05, 0.1) is 12.0 Å². The van der Waals surface area contributed by atoms with Crippen LogP contribution in [0.25, 0.3) is 0 Å². The molecule has 0 saturated heterocycles. The van der Waals surface area contributed by atoms with E-state index in [1.54, 1.807) is 13.8 Å². The number of ketones is 3. The molecule has 0 aromatic rings. The van der Waals surface area contributed by atoms with Gasteiger partial charge in [-0.25, -0.2) is 0 Å². The van der Waals surface area contributed by atoms with Crippen molar-refractivity contribution in [2.45, 2.75) is 78.9 Å². The van der Waals surface area contributed by atoms with Crippen LogP contribution >= 0.6 is 0 Å². The fourth-order valence-electron chi connectivity index (χ4n) is 3.52. The summed E-state index contributed by atoms with van der Waals surface area (Å²) in [5, 5.41) is 21.7. The van der Waals surface area contributed by atoms with Gasteiger partial charge in [-0.1, -0.05) is 48.0 Å². The van der Waals surface area contributed by atoms with E-state index in [0.717, 1.165) is 0 Å². The van der Waals surface area contributed by atoms with Crippen molar-refractivity contribution in [3.63, 3.8) is 0 Å². The average molecular weight is 354 g/mol. The van der Waals surface area contributed by atoms with Crippen molar-refractivity contribution in [2.75, 3.05) is 0 Å². The van der Waals surface area contributed by atoms with Crippen LogP contribution in [0.4, 0.5) is 0 Å². The molecule has 0 aromatic carbocycles. The summed E-state index contributed by atoms with van der Waals surface area (Å²) in [6, 6.07) is 0. The monoisotopic (exact) mass is 354 g/mol. The lowest BCUT2D eigenvalue weighted by Gasteiger charge is -2.33. The van der Waals surface area contributed by atoms with E-state index in [1.165, 1.54) is 0 Å². The third-order valence-corrected chi connectivity index (χ3v) is 5.23. The lowest BCUT2D eigenvalue weighted by atomic mass is 9.78. The SMILES string of the molecule is CC(C)CCC(O)[C@@]1(O)C(=O)C(C(=O)C(C)C)C(=O)[C@@H]1CCC(C)C. The van der Waals surface area contributed by atoms with Gasteiger partial charge in [-0.3, -0.25) is 14.4 Å². The zero-order valence-electron chi connectivity index (χ0n) is 16.4. The van der Waals surface area contributed by atoms with Crippen LogP contribution in [0.15, 0.2) is 0 Å². The molecule has 4 atom stereocenters. The van der Waals surface area contributed by atoms with Crippen molar-refractivity contribution >= 4 is 17.3 Å². The van der Waals surface area contributed by atoms with Gasteiger partial charge in [0.15, 0.2) is 23.0 Å². The highest BCUT2D eigenvalue weighted by molar-refractivity contribution is 6.27. The number of hydrogen-bond acceptors (Lipinski definition) is 5. The molecule has 2 unspecified atom stereocenters. The number of Topliss-reactive ketones (excluding diaryl/α,β-unsaturated/α-hetero) is 3. The summed E-state index contributed by atoms with van der Waals surface area (Å²) in [5.74, 6) is -4.10. The Morgan fingerprint density at radius 1 is 1.00 bits per heavy atom. The standard InChI is InChI=1S/C20H34O5/c1-11(2)7-9-14-18(23)16(17(22)13(5)6)19(24)20(14,25)15(21)10-8-12(3)4/h11-16,21,25H,7-10H2,1-6H3/t14-,15?,16?,20+/m0/s1. The number of aliphatic hydroxyl groups is 2. The van der Waals surface area contributed by atoms with Crippen LogP contribution in [-0.4, -0.2) is 39.3 Å². The molecule has 0 aliphatic heterocycles. The van der Waals surface area contributed by atoms with E-state index < -0.39 is 46.8 Å². The van der Waals surface area contributed by atoms with Gasteiger partial charge >= 0.3 is 0 Å². The predicted octanol–water partition coefficient (Wildman–Crippen LogP) is 2.56. The molecule has 0 amide bonds. The van der Waals surface area contributed by atoms with E-state index in [1.807, 2.05) is 27.7 Å². The molecule has 1 fully saturated rings. The second-order valence-corrected chi connectivity index (χ2v) is 8.59. The van der Waals surface area contributed by atoms with E-state index in [-0.39, 0.29) is 6.42 Å². The molecule has 0 radical (unpaired) electrons. The van der Waals surface area contributed by atoms with Crippen molar-refractivity contribution in [2.24, 2.45) is 29.6 Å². The maximum Gasteiger partial charge on any atom is 0.185 e. The summed E-state index contributed by atoms with van der Waals surface area (Å²) < 4.78 is 0. The van der Waals surface area contributed by atoms with Crippen LogP contribution in [0.1, 0.15) is 67.2 Å². The number of hydrogen-bond donors (Lipinski definition) is 2. The third kappa shape index (κ3) is 4.56. The Morgan fingerprint density at radius 3 is 1.96 bits per heavy atom. The van der Waals surface area contributed by atoms with Crippen molar-refractivity contribution in [1.29, 1.82) is 0 Å². The molecule has 0 heterocycles. The zero-order valence-corrected chi connectivity index (χ0v) is 16.4. The highest BCUT2D eigenvalue weighted by Gasteiger charge is 2.64. The van der Waals surface area contributed by atoms with E-state index in [4.69, 9.17) is 0 Å². The molecule has 25 heavy (non-hydrogen) atoms. The topological polar surface area (TPSA) is 91.7 Å². The Morgan fingerprint density at radius 2 is 1.52 bits per heavy atom. The number of aliphatic hydroxyl groups excluding tert-OH is 1. The quantitative estimate of drug-likeness (QED) is 0.621. The summed E-state index contributed by atoms with van der Waals surface area (Å²) in [5.41, 5.74) is -2.14. The Balaban J connectivity index is 3.20. The first kappa shape index (κ1) is 22.0. The Bertz CT molecular complexity index is 508. The summed E-state index contributed by atoms with van der Waals surface area (Å²) >= 11 is 0. The number of carbonyl (C=O) groups excluding carboxylic acids is 3. The molecular weight excluding hydrogens is 320 g/mol. The van der Waals surface area contributed by atoms with Gasteiger partial charge in [0.2, 0.25) is 0 Å². The summed E-state index contributed by atoms with van der Waals surface area (Å²) in [6.45, 7) is 11.2. The van der Waals surface area contributed by atoms with Gasteiger partial charge in [0.25, 0.3) is 0 Å². The molecular formula is C20H34O5. The largest absolute Gasteiger partial charge is 0.390 e. The summed E-state index contributed by atoms with van der Waals surface area (Å²) in [7, 11) is 0. The molecule has 144 valence electrons. The van der Waals surface area contributed by atoms with Gasteiger partial charge in [-0.2, -0.15) is 0 Å². The molecule has 1 aliphatic carbocycles. The minimum Gasteiger partial charge on any atom is -0.390 e. The molecule has 0 aromatic heterocycles. The van der Waals surface area contributed by atoms with E-state index >= 15 is 0 Å². The van der Waals surface area contributed by atoms with Crippen molar-refractivity contribution in [3.8, 4) is 0 Å². The van der Waals surface area contributed by atoms with Crippen LogP contribution in [0.5, 0.6) is 0 Å². The maximum absolute atomic E-state index is 12.9. The van der Waals surface area contributed by atoms with E-state index in [9.17, 15) is 24.6 Å². The third-order valence-electron chi connectivity index (χ3n) is 5.23. The second kappa shape index (κ2) is 8.54. The minimum atomic E-state index is -2.14. The second-order valence-electron chi connectivity index (χ2n) is 8.59. The molecule has 1 rings (SSSR count). The average Bonchev–Trinajstić information content (AvgIpc) is 2.69. The summed E-state index contributed by atoms with van der Waals surface area (Å²) in [4.78, 5) is 38.1. The first-order valence-electron chi connectivity index (χ1n) is 9.46. The van der Waals surface area contributed by atoms with Crippen molar-refractivity contribution in [3.05, 3.63) is 0 Å². The first-order valence-corrected chi connectivity index (χ1v) is 9.46. The first-order chi connectivity index (χ1) is 11.4. The Hall–Kier alpha value is -1.07. The van der Waals surface area contributed by atoms with Crippen molar-refractivity contribution in [1.82, 2.24) is 0 Å². The smallest absolute Gasteiger partial charge is 0.185 e. The normalized spacial score (nSPS) is 28.4. The molecule has 1 saturated carbocycles. The fraction of sp³-hybridized carbons (Fsp3) is 0.850. The Kier molecular flexibility index (Phi) is 7.51. The number of carbonyl (C=O) groups is 3. The Labute approximate surface area is 151 Å². The summed E-state index contributed by atoms with van der Waals surface area (Å²) in [6.07, 6.45) is 0.483. The molecule has 0 spiro atoms. The molecule has 0 bridgehead atoms. The van der Waals surface area contributed by atoms with Crippen LogP contribution in [0.2, 0.25) is 0 Å². The minimum absolute atomic E-state index is 0.230. The molecule has 5 nitrogen and oxygen atoms in total. The highest BCUT2D eigenvalue weighted by Crippen LogP contribution is 2.42. The van der Waals surface area contributed by atoms with Gasteiger partial charge in [-0.15, -0.1) is 0 Å². The molecule has 2 N–H and O–H groups in total. The van der Waals surface area contributed by atoms with Crippen molar-refractivity contribution < 1.29 is 24.6 Å². The fourth-order valence-corrected chi connectivity index (χ4v) is 3.52. The van der Waals surface area contributed by atoms with Crippen LogP contribution in [-0.2, 0) is 14.4 Å². The van der Waals surface area contributed by atoms with Gasteiger partial charge in [0, 0.05) is 5.92 Å². The van der Waals surface area contributed by atoms with Crippen LogP contribution in [0.3, 0.4) is 0 Å². The molecule has 1 aliphatic rings. The lowest BCUT2D eigenvalue weighted by molar-refractivity contribution is -0.158. The molecule has 5 heteroatoms. The van der Waals surface area contributed by atoms with Gasteiger partial charge in [-0.05, 0) is 31.1 Å². The predicted molar refractivity (Wildman–Crippen MR) is 95.9 cm³/mol. The van der Waals surface area contributed by atoms with Gasteiger partial charge in [0.1, 0.15) is 5.92 Å². The highest BCUT2D eigenvalue weighted by atomic mass is 16.4. The van der Waals surface area contributed by atoms with E-state index in [2.05, 4.69) is 0 Å².